The highest BCUT2D eigenvalue weighted by atomic mass is 32.2. The highest BCUT2D eigenvalue weighted by Crippen LogP contribution is 2.30. The van der Waals surface area contributed by atoms with Crippen LogP contribution in [0.4, 0.5) is 13.2 Å². The van der Waals surface area contributed by atoms with Gasteiger partial charge in [-0.25, -0.2) is 13.1 Å². The minimum Gasteiger partial charge on any atom is -0.267 e. The molecule has 3 rings (SSSR count). The highest BCUT2D eigenvalue weighted by Gasteiger charge is 2.30. The lowest BCUT2D eigenvalue weighted by molar-refractivity contribution is -0.143. The Hall–Kier alpha value is -3.20. The van der Waals surface area contributed by atoms with Gasteiger partial charge in [-0.3, -0.25) is 4.79 Å². The zero-order chi connectivity index (χ0) is 22.1. The van der Waals surface area contributed by atoms with Crippen LogP contribution in [0.1, 0.15) is 5.56 Å². The maximum absolute atomic E-state index is 12.9. The molecule has 3 aromatic rings. The fourth-order valence-corrected chi connectivity index (χ4v) is 3.57. The largest absolute Gasteiger partial charge is 0.408 e. The normalized spacial score (nSPS) is 12.0. The molecule has 0 saturated heterocycles. The molecule has 5 nitrogen and oxygen atoms in total. The monoisotopic (exact) mass is 434 g/mol. The maximum atomic E-state index is 12.9. The Morgan fingerprint density at radius 1 is 1.03 bits per heavy atom. The van der Waals surface area contributed by atoms with Crippen LogP contribution >= 0.6 is 0 Å². The SMILES string of the molecule is C=Cc1ccc(-c2c(-c3ccc(S(C)(=O)=O)cc3)cnn(CC(F)(F)F)c2=O)cc1. The third-order valence-corrected chi connectivity index (χ3v) is 5.53. The van der Waals surface area contributed by atoms with Crippen molar-refractivity contribution in [3.05, 3.63) is 77.2 Å². The Morgan fingerprint density at radius 2 is 1.60 bits per heavy atom. The summed E-state index contributed by atoms with van der Waals surface area (Å²) >= 11 is 0. The lowest BCUT2D eigenvalue weighted by atomic mass is 9.96. The van der Waals surface area contributed by atoms with Crippen LogP contribution in [0.3, 0.4) is 0 Å². The molecule has 30 heavy (non-hydrogen) atoms. The summed E-state index contributed by atoms with van der Waals surface area (Å²) in [5.41, 5.74) is 1.08. The number of alkyl halides is 3. The molecule has 156 valence electrons. The van der Waals surface area contributed by atoms with Gasteiger partial charge in [-0.05, 0) is 28.8 Å². The van der Waals surface area contributed by atoms with Gasteiger partial charge in [0.15, 0.2) is 9.84 Å². The van der Waals surface area contributed by atoms with Gasteiger partial charge in [-0.2, -0.15) is 18.3 Å². The fraction of sp³-hybridized carbons (Fsp3) is 0.143. The molecule has 0 aliphatic heterocycles. The van der Waals surface area contributed by atoms with Gasteiger partial charge in [0.05, 0.1) is 16.7 Å². The second kappa shape index (κ2) is 7.91. The Morgan fingerprint density at radius 3 is 2.10 bits per heavy atom. The molecule has 0 spiro atoms. The van der Waals surface area contributed by atoms with E-state index >= 15 is 0 Å². The molecule has 0 aliphatic rings. The van der Waals surface area contributed by atoms with Gasteiger partial charge in [-0.1, -0.05) is 49.1 Å². The molecule has 0 unspecified atom stereocenters. The minimum atomic E-state index is -4.61. The molecule has 0 radical (unpaired) electrons. The second-order valence-corrected chi connectivity index (χ2v) is 8.65. The van der Waals surface area contributed by atoms with E-state index in [2.05, 4.69) is 11.7 Å². The molecule has 0 aliphatic carbocycles. The van der Waals surface area contributed by atoms with E-state index in [1.165, 1.54) is 30.5 Å². The second-order valence-electron chi connectivity index (χ2n) is 6.63. The lowest BCUT2D eigenvalue weighted by Crippen LogP contribution is -2.31. The average Bonchev–Trinajstić information content (AvgIpc) is 2.68. The number of halogens is 3. The van der Waals surface area contributed by atoms with Crippen molar-refractivity contribution in [2.45, 2.75) is 17.6 Å². The standard InChI is InChI=1S/C21H17F3N2O3S/c1-3-14-4-6-16(7-5-14)19-18(12-25-26(20(19)27)13-21(22,23)24)15-8-10-17(11-9-15)30(2,28)29/h3-12H,1,13H2,2H3. The van der Waals surface area contributed by atoms with Crippen molar-refractivity contribution in [2.24, 2.45) is 0 Å². The predicted molar refractivity (Wildman–Crippen MR) is 109 cm³/mol. The van der Waals surface area contributed by atoms with Crippen LogP contribution in [0, 0.1) is 0 Å². The number of rotatable bonds is 5. The van der Waals surface area contributed by atoms with Gasteiger partial charge in [0.25, 0.3) is 5.56 Å². The Bertz CT molecular complexity index is 1240. The first-order valence-electron chi connectivity index (χ1n) is 8.70. The van der Waals surface area contributed by atoms with Gasteiger partial charge in [-0.15, -0.1) is 0 Å². The van der Waals surface area contributed by atoms with Gasteiger partial charge in [0.2, 0.25) is 0 Å². The topological polar surface area (TPSA) is 69.0 Å². The summed E-state index contributed by atoms with van der Waals surface area (Å²) in [6, 6.07) is 12.3. The summed E-state index contributed by atoms with van der Waals surface area (Å²) < 4.78 is 62.3. The van der Waals surface area contributed by atoms with E-state index in [-0.39, 0.29) is 10.5 Å². The number of nitrogens with zero attached hydrogens (tertiary/aromatic N) is 2. The Balaban J connectivity index is 2.22. The van der Waals surface area contributed by atoms with E-state index in [0.29, 0.717) is 21.4 Å². The molecule has 0 N–H and O–H groups in total. The Labute approximate surface area is 171 Å². The van der Waals surface area contributed by atoms with Crippen LogP contribution in [-0.2, 0) is 16.4 Å². The van der Waals surface area contributed by atoms with Crippen LogP contribution < -0.4 is 5.56 Å². The van der Waals surface area contributed by atoms with E-state index in [9.17, 15) is 26.4 Å². The van der Waals surface area contributed by atoms with Crippen molar-refractivity contribution < 1.29 is 21.6 Å². The number of sulfone groups is 1. The van der Waals surface area contributed by atoms with Crippen molar-refractivity contribution in [3.8, 4) is 22.3 Å². The Kier molecular flexibility index (Phi) is 5.67. The summed E-state index contributed by atoms with van der Waals surface area (Å²) in [4.78, 5) is 13.0. The molecule has 0 fully saturated rings. The molecular formula is C21H17F3N2O3S. The van der Waals surface area contributed by atoms with Crippen molar-refractivity contribution in [1.82, 2.24) is 9.78 Å². The molecule has 0 saturated carbocycles. The third-order valence-electron chi connectivity index (χ3n) is 4.40. The quantitative estimate of drug-likeness (QED) is 0.604. The minimum absolute atomic E-state index is 0.0389. The van der Waals surface area contributed by atoms with Crippen LogP contribution in [0.25, 0.3) is 28.3 Å². The van der Waals surface area contributed by atoms with Crippen molar-refractivity contribution >= 4 is 15.9 Å². The number of benzene rings is 2. The zero-order valence-corrected chi connectivity index (χ0v) is 16.7. The lowest BCUT2D eigenvalue weighted by Gasteiger charge is -2.14. The average molecular weight is 434 g/mol. The first-order valence-corrected chi connectivity index (χ1v) is 10.6. The molecule has 2 aromatic carbocycles. The van der Waals surface area contributed by atoms with E-state index in [1.807, 2.05) is 0 Å². The molecule has 1 heterocycles. The van der Waals surface area contributed by atoms with E-state index < -0.39 is 28.1 Å². The zero-order valence-electron chi connectivity index (χ0n) is 15.8. The highest BCUT2D eigenvalue weighted by molar-refractivity contribution is 7.90. The van der Waals surface area contributed by atoms with Crippen LogP contribution in [0.5, 0.6) is 0 Å². The van der Waals surface area contributed by atoms with Crippen LogP contribution in [0.2, 0.25) is 0 Å². The molecule has 0 atom stereocenters. The van der Waals surface area contributed by atoms with Gasteiger partial charge in [0, 0.05) is 11.8 Å². The van der Waals surface area contributed by atoms with E-state index in [4.69, 9.17) is 0 Å². The summed E-state index contributed by atoms with van der Waals surface area (Å²) in [6.45, 7) is 2.13. The summed E-state index contributed by atoms with van der Waals surface area (Å²) in [6.07, 6.45) is -0.768. The van der Waals surface area contributed by atoms with Gasteiger partial charge < -0.3 is 0 Å². The smallest absolute Gasteiger partial charge is 0.267 e. The van der Waals surface area contributed by atoms with E-state index in [0.717, 1.165) is 11.8 Å². The molecule has 0 amide bonds. The number of aromatic nitrogens is 2. The van der Waals surface area contributed by atoms with Crippen molar-refractivity contribution in [1.29, 1.82) is 0 Å². The first kappa shape index (κ1) is 21.5. The van der Waals surface area contributed by atoms with Crippen LogP contribution in [-0.4, -0.2) is 30.6 Å². The van der Waals surface area contributed by atoms with Gasteiger partial charge >= 0.3 is 6.18 Å². The summed E-state index contributed by atoms with van der Waals surface area (Å²) in [7, 11) is -3.42. The molecule has 9 heteroatoms. The summed E-state index contributed by atoms with van der Waals surface area (Å²) in [5.74, 6) is 0. The van der Waals surface area contributed by atoms with Crippen molar-refractivity contribution in [3.63, 3.8) is 0 Å². The molecular weight excluding hydrogens is 417 g/mol. The summed E-state index contributed by atoms with van der Waals surface area (Å²) in [5, 5.41) is 3.68. The fourth-order valence-electron chi connectivity index (χ4n) is 2.94. The molecule has 0 bridgehead atoms. The first-order chi connectivity index (χ1) is 14.0. The third kappa shape index (κ3) is 4.68. The van der Waals surface area contributed by atoms with Gasteiger partial charge in [0.1, 0.15) is 6.54 Å². The molecule has 1 aromatic heterocycles. The van der Waals surface area contributed by atoms with E-state index in [1.54, 1.807) is 30.3 Å². The van der Waals surface area contributed by atoms with Crippen molar-refractivity contribution in [2.75, 3.05) is 6.26 Å². The van der Waals surface area contributed by atoms with Crippen LogP contribution in [0.15, 0.2) is 71.0 Å². The predicted octanol–water partition coefficient (Wildman–Crippen LogP) is 4.19. The number of hydrogen-bond donors (Lipinski definition) is 0. The number of hydrogen-bond acceptors (Lipinski definition) is 4. The maximum Gasteiger partial charge on any atom is 0.408 e.